The van der Waals surface area contributed by atoms with Gasteiger partial charge in [0, 0.05) is 12.6 Å². The van der Waals surface area contributed by atoms with Crippen molar-refractivity contribution in [3.8, 4) is 0 Å². The van der Waals surface area contributed by atoms with Crippen LogP contribution in [0.5, 0.6) is 0 Å². The van der Waals surface area contributed by atoms with Crippen LogP contribution in [0.25, 0.3) is 0 Å². The molecule has 0 aromatic rings. The molecular formula is C11H22N2O. The predicted octanol–water partition coefficient (Wildman–Crippen LogP) is 1.28. The van der Waals surface area contributed by atoms with Crippen molar-refractivity contribution in [2.75, 3.05) is 6.54 Å². The molecule has 0 aromatic heterocycles. The van der Waals surface area contributed by atoms with Crippen LogP contribution in [-0.4, -0.2) is 18.5 Å². The van der Waals surface area contributed by atoms with Gasteiger partial charge >= 0.3 is 0 Å². The van der Waals surface area contributed by atoms with E-state index in [1.54, 1.807) is 0 Å². The molecule has 0 aliphatic heterocycles. The SMILES string of the molecule is CC(CC1CC1)NCC(C)(C)C(N)=O. The smallest absolute Gasteiger partial charge is 0.224 e. The molecule has 1 fully saturated rings. The van der Waals surface area contributed by atoms with Gasteiger partial charge in [-0.25, -0.2) is 0 Å². The molecule has 0 saturated heterocycles. The van der Waals surface area contributed by atoms with Crippen LogP contribution in [0.1, 0.15) is 40.0 Å². The molecule has 0 bridgehead atoms. The van der Waals surface area contributed by atoms with E-state index in [0.29, 0.717) is 12.6 Å². The summed E-state index contributed by atoms with van der Waals surface area (Å²) in [6.45, 7) is 6.62. The first kappa shape index (κ1) is 11.5. The summed E-state index contributed by atoms with van der Waals surface area (Å²) >= 11 is 0. The Balaban J connectivity index is 2.20. The van der Waals surface area contributed by atoms with E-state index in [0.717, 1.165) is 5.92 Å². The quantitative estimate of drug-likeness (QED) is 0.675. The fourth-order valence-electron chi connectivity index (χ4n) is 1.45. The van der Waals surface area contributed by atoms with E-state index < -0.39 is 5.41 Å². The van der Waals surface area contributed by atoms with Gasteiger partial charge in [0.25, 0.3) is 0 Å². The van der Waals surface area contributed by atoms with Crippen LogP contribution in [0.4, 0.5) is 0 Å². The average molecular weight is 198 g/mol. The summed E-state index contributed by atoms with van der Waals surface area (Å²) in [6.07, 6.45) is 3.99. The van der Waals surface area contributed by atoms with Gasteiger partial charge in [-0.2, -0.15) is 0 Å². The van der Waals surface area contributed by atoms with Crippen molar-refractivity contribution < 1.29 is 4.79 Å². The average Bonchev–Trinajstić information content (AvgIpc) is 2.85. The number of amides is 1. The van der Waals surface area contributed by atoms with Crippen LogP contribution in [0.2, 0.25) is 0 Å². The van der Waals surface area contributed by atoms with Gasteiger partial charge in [-0.15, -0.1) is 0 Å². The van der Waals surface area contributed by atoms with Gasteiger partial charge in [0.05, 0.1) is 5.41 Å². The third kappa shape index (κ3) is 3.66. The molecule has 0 spiro atoms. The fourth-order valence-corrected chi connectivity index (χ4v) is 1.45. The zero-order valence-electron chi connectivity index (χ0n) is 9.47. The summed E-state index contributed by atoms with van der Waals surface area (Å²) in [7, 11) is 0. The Hall–Kier alpha value is -0.570. The second kappa shape index (κ2) is 4.30. The highest BCUT2D eigenvalue weighted by molar-refractivity contribution is 5.80. The van der Waals surface area contributed by atoms with Crippen LogP contribution in [0.15, 0.2) is 0 Å². The standard InChI is InChI=1S/C11H22N2O/c1-8(6-9-4-5-9)13-7-11(2,3)10(12)14/h8-9,13H,4-7H2,1-3H3,(H2,12,14). The first-order valence-electron chi connectivity index (χ1n) is 5.45. The number of nitrogens with one attached hydrogen (secondary N) is 1. The molecule has 1 saturated carbocycles. The Morgan fingerprint density at radius 3 is 2.57 bits per heavy atom. The largest absolute Gasteiger partial charge is 0.369 e. The first-order valence-corrected chi connectivity index (χ1v) is 5.45. The number of hydrogen-bond acceptors (Lipinski definition) is 2. The molecular weight excluding hydrogens is 176 g/mol. The number of hydrogen-bond donors (Lipinski definition) is 2. The lowest BCUT2D eigenvalue weighted by Crippen LogP contribution is -2.43. The lowest BCUT2D eigenvalue weighted by molar-refractivity contribution is -0.125. The summed E-state index contributed by atoms with van der Waals surface area (Å²) in [5, 5.41) is 3.37. The molecule has 1 unspecified atom stereocenters. The second-order valence-corrected chi connectivity index (χ2v) is 5.21. The molecule has 0 aromatic carbocycles. The van der Waals surface area contributed by atoms with Crippen LogP contribution < -0.4 is 11.1 Å². The number of nitrogens with two attached hydrogens (primary N) is 1. The van der Waals surface area contributed by atoms with Gasteiger partial charge in [0.15, 0.2) is 0 Å². The highest BCUT2D eigenvalue weighted by Crippen LogP contribution is 2.33. The molecule has 0 heterocycles. The van der Waals surface area contributed by atoms with E-state index in [-0.39, 0.29) is 5.91 Å². The molecule has 1 atom stereocenters. The summed E-state index contributed by atoms with van der Waals surface area (Å²) < 4.78 is 0. The van der Waals surface area contributed by atoms with Crippen LogP contribution in [-0.2, 0) is 4.79 Å². The van der Waals surface area contributed by atoms with Gasteiger partial charge in [0.1, 0.15) is 0 Å². The zero-order chi connectivity index (χ0) is 10.8. The predicted molar refractivity (Wildman–Crippen MR) is 57.8 cm³/mol. The van der Waals surface area contributed by atoms with Gasteiger partial charge in [-0.3, -0.25) is 4.79 Å². The third-order valence-electron chi connectivity index (χ3n) is 2.94. The lowest BCUT2D eigenvalue weighted by Gasteiger charge is -2.23. The first-order chi connectivity index (χ1) is 6.42. The van der Waals surface area contributed by atoms with Crippen molar-refractivity contribution in [2.45, 2.75) is 46.1 Å². The molecule has 82 valence electrons. The Kier molecular flexibility index (Phi) is 3.53. The van der Waals surface area contributed by atoms with Crippen molar-refractivity contribution in [3.05, 3.63) is 0 Å². The third-order valence-corrected chi connectivity index (χ3v) is 2.94. The summed E-state index contributed by atoms with van der Waals surface area (Å²) in [5.41, 5.74) is 4.86. The Morgan fingerprint density at radius 1 is 1.57 bits per heavy atom. The van der Waals surface area contributed by atoms with E-state index in [9.17, 15) is 4.79 Å². The van der Waals surface area contributed by atoms with Gasteiger partial charge in [-0.1, -0.05) is 12.8 Å². The summed E-state index contributed by atoms with van der Waals surface area (Å²) in [4.78, 5) is 11.1. The molecule has 0 radical (unpaired) electrons. The minimum atomic E-state index is -0.433. The summed E-state index contributed by atoms with van der Waals surface area (Å²) in [6, 6.07) is 0.501. The van der Waals surface area contributed by atoms with Crippen molar-refractivity contribution in [2.24, 2.45) is 17.1 Å². The Morgan fingerprint density at radius 2 is 2.14 bits per heavy atom. The molecule has 14 heavy (non-hydrogen) atoms. The molecule has 3 nitrogen and oxygen atoms in total. The highest BCUT2D eigenvalue weighted by atomic mass is 16.1. The van der Waals surface area contributed by atoms with Crippen LogP contribution in [0, 0.1) is 11.3 Å². The van der Waals surface area contributed by atoms with Crippen molar-refractivity contribution in [1.29, 1.82) is 0 Å². The van der Waals surface area contributed by atoms with Gasteiger partial charge < -0.3 is 11.1 Å². The fraction of sp³-hybridized carbons (Fsp3) is 0.909. The van der Waals surface area contributed by atoms with E-state index in [1.165, 1.54) is 19.3 Å². The minimum absolute atomic E-state index is 0.233. The maximum Gasteiger partial charge on any atom is 0.224 e. The summed E-state index contributed by atoms with van der Waals surface area (Å²) in [5.74, 6) is 0.692. The van der Waals surface area contributed by atoms with Gasteiger partial charge in [0.2, 0.25) is 5.91 Å². The van der Waals surface area contributed by atoms with E-state index in [1.807, 2.05) is 13.8 Å². The molecule has 1 aliphatic carbocycles. The van der Waals surface area contributed by atoms with E-state index in [2.05, 4.69) is 12.2 Å². The van der Waals surface area contributed by atoms with Gasteiger partial charge in [-0.05, 0) is 33.1 Å². The maximum atomic E-state index is 11.1. The topological polar surface area (TPSA) is 55.1 Å². The lowest BCUT2D eigenvalue weighted by atomic mass is 9.92. The number of primary amides is 1. The Bertz CT molecular complexity index is 209. The maximum absolute atomic E-state index is 11.1. The van der Waals surface area contributed by atoms with Crippen LogP contribution >= 0.6 is 0 Å². The highest BCUT2D eigenvalue weighted by Gasteiger charge is 2.27. The molecule has 3 heteroatoms. The van der Waals surface area contributed by atoms with Crippen molar-refractivity contribution in [1.82, 2.24) is 5.32 Å². The molecule has 3 N–H and O–H groups in total. The molecule has 1 rings (SSSR count). The Labute approximate surface area is 86.4 Å². The molecule has 1 aliphatic rings. The number of rotatable bonds is 6. The zero-order valence-corrected chi connectivity index (χ0v) is 9.47. The number of carbonyl (C=O) groups is 1. The second-order valence-electron chi connectivity index (χ2n) is 5.21. The van der Waals surface area contributed by atoms with E-state index in [4.69, 9.17) is 5.73 Å². The van der Waals surface area contributed by atoms with E-state index >= 15 is 0 Å². The van der Waals surface area contributed by atoms with Crippen molar-refractivity contribution >= 4 is 5.91 Å². The van der Waals surface area contributed by atoms with Crippen molar-refractivity contribution in [3.63, 3.8) is 0 Å². The minimum Gasteiger partial charge on any atom is -0.369 e. The van der Waals surface area contributed by atoms with Crippen LogP contribution in [0.3, 0.4) is 0 Å². The molecule has 1 amide bonds. The normalized spacial score (nSPS) is 19.4. The number of carbonyl (C=O) groups excluding carboxylic acids is 1. The monoisotopic (exact) mass is 198 g/mol.